The van der Waals surface area contributed by atoms with E-state index in [-0.39, 0.29) is 5.91 Å². The lowest BCUT2D eigenvalue weighted by atomic mass is 10.1. The summed E-state index contributed by atoms with van der Waals surface area (Å²) in [6, 6.07) is 5.89. The molecule has 1 saturated carbocycles. The summed E-state index contributed by atoms with van der Waals surface area (Å²) in [6.45, 7) is 4.16. The molecule has 0 bridgehead atoms. The lowest BCUT2D eigenvalue weighted by Crippen LogP contribution is -2.33. The van der Waals surface area contributed by atoms with E-state index in [1.807, 2.05) is 30.8 Å². The van der Waals surface area contributed by atoms with Crippen molar-refractivity contribution in [1.82, 2.24) is 5.32 Å². The van der Waals surface area contributed by atoms with Crippen LogP contribution in [0.3, 0.4) is 0 Å². The molecule has 0 saturated heterocycles. The number of nitrogens with one attached hydrogen (secondary N) is 1. The van der Waals surface area contributed by atoms with Crippen LogP contribution in [-0.2, 0) is 0 Å². The molecule has 1 fully saturated rings. The van der Waals surface area contributed by atoms with Crippen LogP contribution in [0.5, 0.6) is 0 Å². The highest BCUT2D eigenvalue weighted by molar-refractivity contribution is 7.99. The Labute approximate surface area is 119 Å². The molecule has 2 atom stereocenters. The number of aryl methyl sites for hydroxylation is 1. The zero-order chi connectivity index (χ0) is 13.8. The summed E-state index contributed by atoms with van der Waals surface area (Å²) in [4.78, 5) is 12.2. The van der Waals surface area contributed by atoms with Crippen LogP contribution in [-0.4, -0.2) is 23.0 Å². The van der Waals surface area contributed by atoms with E-state index in [1.54, 1.807) is 6.07 Å². The van der Waals surface area contributed by atoms with E-state index < -0.39 is 0 Å². The quantitative estimate of drug-likeness (QED) is 0.833. The fraction of sp³-hybridized carbons (Fsp3) is 0.533. The molecule has 4 heteroatoms. The van der Waals surface area contributed by atoms with Gasteiger partial charge in [0.15, 0.2) is 0 Å². The second-order valence-electron chi connectivity index (χ2n) is 5.15. The van der Waals surface area contributed by atoms with Gasteiger partial charge in [0.2, 0.25) is 0 Å². The number of carbonyl (C=O) groups is 1. The van der Waals surface area contributed by atoms with Crippen molar-refractivity contribution in [3.63, 3.8) is 0 Å². The van der Waals surface area contributed by atoms with Gasteiger partial charge in [0.05, 0.1) is 5.56 Å². The number of rotatable bonds is 4. The van der Waals surface area contributed by atoms with Crippen molar-refractivity contribution in [2.24, 2.45) is 0 Å². The van der Waals surface area contributed by atoms with Crippen LogP contribution in [0.1, 0.15) is 42.1 Å². The first-order valence-electron chi connectivity index (χ1n) is 6.88. The number of thioether (sulfide) groups is 1. The van der Waals surface area contributed by atoms with Crippen LogP contribution in [0.15, 0.2) is 18.2 Å². The number of amides is 1. The largest absolute Gasteiger partial charge is 0.398 e. The predicted octanol–water partition coefficient (Wildman–Crippen LogP) is 2.98. The molecule has 1 aliphatic rings. The molecular weight excluding hydrogens is 256 g/mol. The molecular formula is C15H22N2OS. The minimum atomic E-state index is -0.0339. The summed E-state index contributed by atoms with van der Waals surface area (Å²) in [5.41, 5.74) is 8.09. The molecule has 1 aromatic rings. The molecule has 0 aromatic heterocycles. The van der Waals surface area contributed by atoms with Crippen LogP contribution >= 0.6 is 11.8 Å². The summed E-state index contributed by atoms with van der Waals surface area (Å²) in [5, 5.41) is 3.82. The number of nitrogen functional groups attached to an aromatic ring is 1. The van der Waals surface area contributed by atoms with E-state index in [0.29, 0.717) is 22.5 Å². The molecule has 1 amide bonds. The topological polar surface area (TPSA) is 55.1 Å². The molecule has 0 radical (unpaired) electrons. The Kier molecular flexibility index (Phi) is 4.75. The average Bonchev–Trinajstić information content (AvgIpc) is 2.80. The van der Waals surface area contributed by atoms with Crippen molar-refractivity contribution < 1.29 is 4.79 Å². The van der Waals surface area contributed by atoms with Crippen LogP contribution in [0.2, 0.25) is 0 Å². The smallest absolute Gasteiger partial charge is 0.253 e. The average molecular weight is 278 g/mol. The summed E-state index contributed by atoms with van der Waals surface area (Å²) in [6.07, 6.45) is 3.36. The molecule has 2 rings (SSSR count). The SMILES string of the molecule is CCSC1CCC(NC(=O)c2cc(C)ccc2N)C1. The number of hydrogen-bond donors (Lipinski definition) is 2. The lowest BCUT2D eigenvalue weighted by molar-refractivity contribution is 0.0939. The molecule has 1 aliphatic carbocycles. The van der Waals surface area contributed by atoms with E-state index in [4.69, 9.17) is 5.73 Å². The van der Waals surface area contributed by atoms with Crippen LogP contribution in [0, 0.1) is 6.92 Å². The Balaban J connectivity index is 1.96. The third-order valence-electron chi connectivity index (χ3n) is 3.58. The maximum absolute atomic E-state index is 12.2. The van der Waals surface area contributed by atoms with Crippen molar-refractivity contribution in [2.45, 2.75) is 44.4 Å². The number of benzene rings is 1. The fourth-order valence-electron chi connectivity index (χ4n) is 2.59. The van der Waals surface area contributed by atoms with Gasteiger partial charge >= 0.3 is 0 Å². The highest BCUT2D eigenvalue weighted by Crippen LogP contribution is 2.30. The van der Waals surface area contributed by atoms with Gasteiger partial charge in [-0.2, -0.15) is 11.8 Å². The van der Waals surface area contributed by atoms with Crippen molar-refractivity contribution in [3.05, 3.63) is 29.3 Å². The first-order valence-corrected chi connectivity index (χ1v) is 7.93. The third-order valence-corrected chi connectivity index (χ3v) is 4.81. The van der Waals surface area contributed by atoms with Gasteiger partial charge in [0.25, 0.3) is 5.91 Å². The standard InChI is InChI=1S/C15H22N2OS/c1-3-19-12-6-5-11(9-12)17-15(18)13-8-10(2)4-7-14(13)16/h4,7-8,11-12H,3,5-6,9,16H2,1-2H3,(H,17,18). The van der Waals surface area contributed by atoms with Gasteiger partial charge in [0, 0.05) is 17.0 Å². The Morgan fingerprint density at radius 3 is 3.00 bits per heavy atom. The van der Waals surface area contributed by atoms with Gasteiger partial charge in [-0.1, -0.05) is 18.6 Å². The molecule has 3 N–H and O–H groups in total. The Morgan fingerprint density at radius 2 is 2.26 bits per heavy atom. The summed E-state index contributed by atoms with van der Waals surface area (Å²) >= 11 is 2.00. The number of nitrogens with two attached hydrogens (primary N) is 1. The molecule has 19 heavy (non-hydrogen) atoms. The Bertz CT molecular complexity index is 461. The molecule has 1 aromatic carbocycles. The summed E-state index contributed by atoms with van der Waals surface area (Å²) in [5.74, 6) is 1.12. The molecule has 3 nitrogen and oxygen atoms in total. The van der Waals surface area contributed by atoms with Gasteiger partial charge in [0.1, 0.15) is 0 Å². The van der Waals surface area contributed by atoms with Crippen molar-refractivity contribution in [3.8, 4) is 0 Å². The van der Waals surface area contributed by atoms with Crippen LogP contribution < -0.4 is 11.1 Å². The minimum Gasteiger partial charge on any atom is -0.398 e. The molecule has 2 unspecified atom stereocenters. The fourth-order valence-corrected chi connectivity index (χ4v) is 3.73. The Hall–Kier alpha value is -1.16. The minimum absolute atomic E-state index is 0.0339. The highest BCUT2D eigenvalue weighted by Gasteiger charge is 2.26. The van der Waals surface area contributed by atoms with Crippen molar-refractivity contribution in [2.75, 3.05) is 11.5 Å². The monoisotopic (exact) mass is 278 g/mol. The van der Waals surface area contributed by atoms with Gasteiger partial charge < -0.3 is 11.1 Å². The molecule has 0 spiro atoms. The van der Waals surface area contributed by atoms with Crippen LogP contribution in [0.4, 0.5) is 5.69 Å². The van der Waals surface area contributed by atoms with E-state index in [1.165, 1.54) is 6.42 Å². The maximum atomic E-state index is 12.2. The van der Waals surface area contributed by atoms with Gasteiger partial charge in [-0.3, -0.25) is 4.79 Å². The first-order chi connectivity index (χ1) is 9.10. The van der Waals surface area contributed by atoms with E-state index in [2.05, 4.69) is 12.2 Å². The highest BCUT2D eigenvalue weighted by atomic mass is 32.2. The van der Waals surface area contributed by atoms with Gasteiger partial charge in [-0.25, -0.2) is 0 Å². The van der Waals surface area contributed by atoms with Crippen molar-refractivity contribution in [1.29, 1.82) is 0 Å². The summed E-state index contributed by atoms with van der Waals surface area (Å²) in [7, 11) is 0. The number of anilines is 1. The zero-order valence-corrected chi connectivity index (χ0v) is 12.4. The Morgan fingerprint density at radius 1 is 1.47 bits per heavy atom. The molecule has 104 valence electrons. The summed E-state index contributed by atoms with van der Waals surface area (Å²) < 4.78 is 0. The normalized spacial score (nSPS) is 22.4. The number of hydrogen-bond acceptors (Lipinski definition) is 3. The zero-order valence-electron chi connectivity index (χ0n) is 11.6. The van der Waals surface area contributed by atoms with E-state index in [0.717, 1.165) is 24.2 Å². The van der Waals surface area contributed by atoms with Crippen LogP contribution in [0.25, 0.3) is 0 Å². The van der Waals surface area contributed by atoms with Gasteiger partial charge in [-0.15, -0.1) is 0 Å². The maximum Gasteiger partial charge on any atom is 0.253 e. The second kappa shape index (κ2) is 6.33. The van der Waals surface area contributed by atoms with Crippen molar-refractivity contribution >= 4 is 23.4 Å². The molecule has 0 heterocycles. The second-order valence-corrected chi connectivity index (χ2v) is 6.73. The van der Waals surface area contributed by atoms with Gasteiger partial charge in [-0.05, 0) is 44.1 Å². The third kappa shape index (κ3) is 3.66. The first kappa shape index (κ1) is 14.3. The van der Waals surface area contributed by atoms with E-state index >= 15 is 0 Å². The molecule has 0 aliphatic heterocycles. The van der Waals surface area contributed by atoms with E-state index in [9.17, 15) is 4.79 Å². The predicted molar refractivity (Wildman–Crippen MR) is 82.6 cm³/mol. The number of carbonyl (C=O) groups excluding carboxylic acids is 1. The lowest BCUT2D eigenvalue weighted by Gasteiger charge is -2.14.